The fourth-order valence-electron chi connectivity index (χ4n) is 2.85. The Morgan fingerprint density at radius 1 is 1.22 bits per heavy atom. The van der Waals surface area contributed by atoms with Gasteiger partial charge in [0.05, 0.1) is 24.0 Å². The van der Waals surface area contributed by atoms with Gasteiger partial charge in [-0.05, 0) is 25.5 Å². The maximum atomic E-state index is 12.5. The summed E-state index contributed by atoms with van der Waals surface area (Å²) in [5.74, 6) is -0.201. The minimum Gasteiger partial charge on any atom is -0.298 e. The molecule has 0 aliphatic rings. The highest BCUT2D eigenvalue weighted by atomic mass is 32.1. The number of hydrogen-bond acceptors (Lipinski definition) is 5. The average molecular weight is 395 g/mol. The largest absolute Gasteiger partial charge is 0.298 e. The zero-order chi connectivity index (χ0) is 18.8. The number of rotatable bonds is 5. The molecule has 0 spiro atoms. The molecule has 4 rings (SSSR count). The molecule has 0 aliphatic carbocycles. The second kappa shape index (κ2) is 7.46. The van der Waals surface area contributed by atoms with Crippen LogP contribution in [0.1, 0.15) is 25.7 Å². The smallest absolute Gasteiger partial charge is 0.260 e. The van der Waals surface area contributed by atoms with Crippen LogP contribution in [0.4, 0.5) is 5.13 Å². The van der Waals surface area contributed by atoms with Crippen LogP contribution in [0.2, 0.25) is 0 Å². The second-order valence-electron chi connectivity index (χ2n) is 6.23. The minimum absolute atomic E-state index is 0.201. The van der Waals surface area contributed by atoms with E-state index in [9.17, 15) is 4.79 Å². The molecular formula is C20H18N4OS2. The highest BCUT2D eigenvalue weighted by molar-refractivity contribution is 7.14. The third-order valence-corrected chi connectivity index (χ3v) is 5.85. The molecule has 136 valence electrons. The Bertz CT molecular complexity index is 1080. The first kappa shape index (κ1) is 17.6. The maximum Gasteiger partial charge on any atom is 0.260 e. The van der Waals surface area contributed by atoms with Crippen LogP contribution in [-0.4, -0.2) is 20.7 Å². The highest BCUT2D eigenvalue weighted by Crippen LogP contribution is 2.32. The molecule has 3 heterocycles. The molecule has 27 heavy (non-hydrogen) atoms. The van der Waals surface area contributed by atoms with Gasteiger partial charge in [0.15, 0.2) is 5.13 Å². The lowest BCUT2D eigenvalue weighted by atomic mass is 10.2. The summed E-state index contributed by atoms with van der Waals surface area (Å²) in [6.45, 7) is 4.81. The molecule has 3 aromatic heterocycles. The molecule has 5 nitrogen and oxygen atoms in total. The molecule has 0 atom stereocenters. The molecule has 0 saturated carbocycles. The van der Waals surface area contributed by atoms with Crippen molar-refractivity contribution in [3.05, 3.63) is 75.1 Å². The number of nitrogens with one attached hydrogen (secondary N) is 1. The summed E-state index contributed by atoms with van der Waals surface area (Å²) < 4.78 is 1.76. The Hall–Kier alpha value is -2.77. The van der Waals surface area contributed by atoms with E-state index in [2.05, 4.69) is 35.3 Å². The van der Waals surface area contributed by atoms with Crippen LogP contribution in [0.3, 0.4) is 0 Å². The van der Waals surface area contributed by atoms with Crippen LogP contribution < -0.4 is 5.32 Å². The summed E-state index contributed by atoms with van der Waals surface area (Å²) in [5, 5.41) is 9.72. The highest BCUT2D eigenvalue weighted by Gasteiger charge is 2.14. The summed E-state index contributed by atoms with van der Waals surface area (Å²) >= 11 is 3.18. The number of aryl methyl sites for hydroxylation is 2. The van der Waals surface area contributed by atoms with E-state index in [1.807, 2.05) is 35.7 Å². The van der Waals surface area contributed by atoms with Crippen molar-refractivity contribution >= 4 is 33.7 Å². The van der Waals surface area contributed by atoms with Crippen LogP contribution in [-0.2, 0) is 6.54 Å². The molecule has 0 aliphatic heterocycles. The van der Waals surface area contributed by atoms with E-state index in [-0.39, 0.29) is 5.91 Å². The molecule has 7 heteroatoms. The topological polar surface area (TPSA) is 59.8 Å². The number of carbonyl (C=O) groups excluding carboxylic acids is 1. The van der Waals surface area contributed by atoms with Crippen molar-refractivity contribution in [3.8, 4) is 11.3 Å². The third kappa shape index (κ3) is 3.99. The first-order chi connectivity index (χ1) is 13.1. The molecular weight excluding hydrogens is 376 g/mol. The van der Waals surface area contributed by atoms with Gasteiger partial charge in [-0.25, -0.2) is 4.98 Å². The van der Waals surface area contributed by atoms with Crippen LogP contribution in [0.25, 0.3) is 11.3 Å². The summed E-state index contributed by atoms with van der Waals surface area (Å²) in [7, 11) is 0. The number of thiophene rings is 1. The SMILES string of the molecule is Cc1cc(-c2csc(NC(=O)c3cnn(Cc4ccccc4)c3)n2)c(C)s1. The average Bonchev–Trinajstić information content (AvgIpc) is 3.36. The molecule has 0 radical (unpaired) electrons. The van der Waals surface area contributed by atoms with Gasteiger partial charge in [0.25, 0.3) is 5.91 Å². The standard InChI is InChI=1S/C20H18N4OS2/c1-13-8-17(14(2)27-13)18-12-26-20(22-18)23-19(25)16-9-21-24(11-16)10-15-6-4-3-5-7-15/h3-9,11-12H,10H2,1-2H3,(H,22,23,25). The number of benzene rings is 1. The first-order valence-electron chi connectivity index (χ1n) is 8.49. The van der Waals surface area contributed by atoms with Gasteiger partial charge < -0.3 is 0 Å². The van der Waals surface area contributed by atoms with Gasteiger partial charge in [-0.15, -0.1) is 22.7 Å². The van der Waals surface area contributed by atoms with Gasteiger partial charge in [-0.1, -0.05) is 30.3 Å². The Morgan fingerprint density at radius 2 is 2.04 bits per heavy atom. The van der Waals surface area contributed by atoms with E-state index in [0.717, 1.165) is 16.8 Å². The van der Waals surface area contributed by atoms with Gasteiger partial charge in [0, 0.05) is 26.9 Å². The number of nitrogens with zero attached hydrogens (tertiary/aromatic N) is 3. The monoisotopic (exact) mass is 394 g/mol. The Labute approximate surface area is 165 Å². The molecule has 4 aromatic rings. The number of anilines is 1. The molecule has 0 bridgehead atoms. The van der Waals surface area contributed by atoms with E-state index in [1.165, 1.54) is 21.1 Å². The lowest BCUT2D eigenvalue weighted by Crippen LogP contribution is -2.11. The molecule has 0 fully saturated rings. The van der Waals surface area contributed by atoms with Crippen LogP contribution in [0.5, 0.6) is 0 Å². The van der Waals surface area contributed by atoms with Crippen LogP contribution >= 0.6 is 22.7 Å². The van der Waals surface area contributed by atoms with E-state index >= 15 is 0 Å². The van der Waals surface area contributed by atoms with Crippen LogP contribution in [0, 0.1) is 13.8 Å². The molecule has 1 N–H and O–H groups in total. The fraction of sp³-hybridized carbons (Fsp3) is 0.150. The Morgan fingerprint density at radius 3 is 2.78 bits per heavy atom. The minimum atomic E-state index is -0.201. The molecule has 1 aromatic carbocycles. The second-order valence-corrected chi connectivity index (χ2v) is 8.55. The summed E-state index contributed by atoms with van der Waals surface area (Å²) in [5.41, 5.74) is 3.69. The third-order valence-electron chi connectivity index (χ3n) is 4.12. The number of carbonyl (C=O) groups is 1. The number of aromatic nitrogens is 3. The van der Waals surface area contributed by atoms with Gasteiger partial charge in [-0.3, -0.25) is 14.8 Å². The van der Waals surface area contributed by atoms with Crippen molar-refractivity contribution in [2.24, 2.45) is 0 Å². The van der Waals surface area contributed by atoms with Gasteiger partial charge in [-0.2, -0.15) is 5.10 Å². The lowest BCUT2D eigenvalue weighted by Gasteiger charge is -2.01. The van der Waals surface area contributed by atoms with Crippen molar-refractivity contribution < 1.29 is 4.79 Å². The van der Waals surface area contributed by atoms with Crippen molar-refractivity contribution in [2.45, 2.75) is 20.4 Å². The quantitative estimate of drug-likeness (QED) is 0.519. The summed E-state index contributed by atoms with van der Waals surface area (Å²) in [6.07, 6.45) is 3.34. The predicted octanol–water partition coefficient (Wildman–Crippen LogP) is 4.99. The van der Waals surface area contributed by atoms with E-state index in [4.69, 9.17) is 0 Å². The maximum absolute atomic E-state index is 12.5. The molecule has 1 amide bonds. The van der Waals surface area contributed by atoms with Crippen molar-refractivity contribution in [3.63, 3.8) is 0 Å². The lowest BCUT2D eigenvalue weighted by molar-refractivity contribution is 0.102. The Kier molecular flexibility index (Phi) is 4.87. The summed E-state index contributed by atoms with van der Waals surface area (Å²) in [4.78, 5) is 19.6. The van der Waals surface area contributed by atoms with Gasteiger partial charge in [0.1, 0.15) is 0 Å². The fourth-order valence-corrected chi connectivity index (χ4v) is 4.49. The molecule has 0 unspecified atom stereocenters. The summed E-state index contributed by atoms with van der Waals surface area (Å²) in [6, 6.07) is 12.2. The first-order valence-corrected chi connectivity index (χ1v) is 10.2. The zero-order valence-electron chi connectivity index (χ0n) is 15.0. The van der Waals surface area contributed by atoms with E-state index in [0.29, 0.717) is 17.2 Å². The number of amides is 1. The predicted molar refractivity (Wildman–Crippen MR) is 111 cm³/mol. The van der Waals surface area contributed by atoms with Gasteiger partial charge >= 0.3 is 0 Å². The zero-order valence-corrected chi connectivity index (χ0v) is 16.6. The van der Waals surface area contributed by atoms with E-state index < -0.39 is 0 Å². The Balaban J connectivity index is 1.45. The van der Waals surface area contributed by atoms with Crippen LogP contribution in [0.15, 0.2) is 54.2 Å². The van der Waals surface area contributed by atoms with Crippen molar-refractivity contribution in [2.75, 3.05) is 5.32 Å². The van der Waals surface area contributed by atoms with Crippen molar-refractivity contribution in [1.29, 1.82) is 0 Å². The van der Waals surface area contributed by atoms with E-state index in [1.54, 1.807) is 28.4 Å². The van der Waals surface area contributed by atoms with Crippen molar-refractivity contribution in [1.82, 2.24) is 14.8 Å². The molecule has 0 saturated heterocycles. The van der Waals surface area contributed by atoms with Gasteiger partial charge in [0.2, 0.25) is 0 Å². The number of thiazole rings is 1. The number of hydrogen-bond donors (Lipinski definition) is 1. The normalized spacial score (nSPS) is 10.9.